The molecule has 0 saturated carbocycles. The van der Waals surface area contributed by atoms with Gasteiger partial charge in [0.1, 0.15) is 6.04 Å². The number of anilines is 1. The predicted molar refractivity (Wildman–Crippen MR) is 105 cm³/mol. The summed E-state index contributed by atoms with van der Waals surface area (Å²) in [5.41, 5.74) is 2.70. The van der Waals surface area contributed by atoms with Crippen molar-refractivity contribution in [2.75, 3.05) is 26.6 Å². The van der Waals surface area contributed by atoms with E-state index < -0.39 is 12.0 Å². The van der Waals surface area contributed by atoms with E-state index in [0.717, 1.165) is 16.8 Å². The molecule has 1 unspecified atom stereocenters. The molecular weight excluding hydrogens is 346 g/mol. The van der Waals surface area contributed by atoms with Crippen LogP contribution in [-0.2, 0) is 11.2 Å². The van der Waals surface area contributed by atoms with Crippen LogP contribution in [0, 0.1) is 0 Å². The zero-order chi connectivity index (χ0) is 20.0. The second-order valence-electron chi connectivity index (χ2n) is 6.55. The minimum absolute atomic E-state index is 0.262. The SMILES string of the molecule is COc1cc(CC(Nc2cccc(C(C)C)c2)C(=O)O)cc(OC)c1OC. The molecule has 6 nitrogen and oxygen atoms in total. The second-order valence-corrected chi connectivity index (χ2v) is 6.55. The van der Waals surface area contributed by atoms with Crippen LogP contribution in [0.1, 0.15) is 30.9 Å². The molecule has 6 heteroatoms. The molecule has 0 saturated heterocycles. The lowest BCUT2D eigenvalue weighted by Crippen LogP contribution is -2.31. The van der Waals surface area contributed by atoms with Gasteiger partial charge in [0.2, 0.25) is 5.75 Å². The number of nitrogens with one attached hydrogen (secondary N) is 1. The number of hydrogen-bond acceptors (Lipinski definition) is 5. The number of ether oxygens (including phenoxy) is 3. The Bertz CT molecular complexity index is 763. The number of benzene rings is 2. The molecule has 27 heavy (non-hydrogen) atoms. The van der Waals surface area contributed by atoms with Crippen LogP contribution in [0.2, 0.25) is 0 Å². The average Bonchev–Trinajstić information content (AvgIpc) is 2.66. The van der Waals surface area contributed by atoms with Crippen LogP contribution in [0.5, 0.6) is 17.2 Å². The smallest absolute Gasteiger partial charge is 0.326 e. The normalized spacial score (nSPS) is 11.8. The van der Waals surface area contributed by atoms with Gasteiger partial charge >= 0.3 is 5.97 Å². The summed E-state index contributed by atoms with van der Waals surface area (Å²) in [7, 11) is 4.60. The first-order chi connectivity index (χ1) is 12.9. The lowest BCUT2D eigenvalue weighted by atomic mass is 10.0. The predicted octanol–water partition coefficient (Wildman–Crippen LogP) is 3.94. The average molecular weight is 373 g/mol. The van der Waals surface area contributed by atoms with Gasteiger partial charge in [0.05, 0.1) is 21.3 Å². The Morgan fingerprint density at radius 1 is 1.04 bits per heavy atom. The Morgan fingerprint density at radius 2 is 1.67 bits per heavy atom. The maximum atomic E-state index is 11.8. The highest BCUT2D eigenvalue weighted by Gasteiger charge is 2.21. The summed E-state index contributed by atoms with van der Waals surface area (Å²) in [5, 5.41) is 12.8. The Labute approximate surface area is 160 Å². The maximum Gasteiger partial charge on any atom is 0.326 e. The summed E-state index contributed by atoms with van der Waals surface area (Å²) >= 11 is 0. The summed E-state index contributed by atoms with van der Waals surface area (Å²) in [6, 6.07) is 10.6. The van der Waals surface area contributed by atoms with Gasteiger partial charge in [0.15, 0.2) is 11.5 Å². The summed E-state index contributed by atoms with van der Waals surface area (Å²) in [6.45, 7) is 4.20. The zero-order valence-corrected chi connectivity index (χ0v) is 16.4. The van der Waals surface area contributed by atoms with Gasteiger partial charge in [0, 0.05) is 12.1 Å². The van der Waals surface area contributed by atoms with Crippen molar-refractivity contribution in [3.63, 3.8) is 0 Å². The van der Waals surface area contributed by atoms with Crippen LogP contribution in [0.25, 0.3) is 0 Å². The van der Waals surface area contributed by atoms with E-state index in [1.807, 2.05) is 24.3 Å². The molecular formula is C21H27NO5. The Hall–Kier alpha value is -2.89. The van der Waals surface area contributed by atoms with Gasteiger partial charge < -0.3 is 24.6 Å². The first kappa shape index (κ1) is 20.4. The molecule has 0 radical (unpaired) electrons. The van der Waals surface area contributed by atoms with Crippen molar-refractivity contribution in [3.8, 4) is 17.2 Å². The summed E-state index contributed by atoms with van der Waals surface area (Å²) in [5.74, 6) is 0.910. The third-order valence-electron chi connectivity index (χ3n) is 4.36. The number of methoxy groups -OCH3 is 3. The minimum Gasteiger partial charge on any atom is -0.493 e. The van der Waals surface area contributed by atoms with Crippen LogP contribution in [0.4, 0.5) is 5.69 Å². The molecule has 2 aromatic rings. The van der Waals surface area contributed by atoms with Crippen LogP contribution in [0.3, 0.4) is 0 Å². The van der Waals surface area contributed by atoms with Crippen molar-refractivity contribution in [3.05, 3.63) is 47.5 Å². The molecule has 2 rings (SSSR count). The molecule has 0 amide bonds. The van der Waals surface area contributed by atoms with Crippen LogP contribution >= 0.6 is 0 Å². The van der Waals surface area contributed by atoms with E-state index in [0.29, 0.717) is 23.2 Å². The maximum absolute atomic E-state index is 11.8. The van der Waals surface area contributed by atoms with Crippen molar-refractivity contribution >= 4 is 11.7 Å². The van der Waals surface area contributed by atoms with E-state index in [1.165, 1.54) is 21.3 Å². The van der Waals surface area contributed by atoms with Gasteiger partial charge in [0.25, 0.3) is 0 Å². The van der Waals surface area contributed by atoms with Gasteiger partial charge in [-0.05, 0) is 41.3 Å². The van der Waals surface area contributed by atoms with E-state index in [4.69, 9.17) is 14.2 Å². The second kappa shape index (κ2) is 9.16. The third-order valence-corrected chi connectivity index (χ3v) is 4.36. The fourth-order valence-corrected chi connectivity index (χ4v) is 2.88. The minimum atomic E-state index is -0.932. The molecule has 0 spiro atoms. The molecule has 0 heterocycles. The zero-order valence-electron chi connectivity index (χ0n) is 16.4. The Morgan fingerprint density at radius 3 is 2.15 bits per heavy atom. The summed E-state index contributed by atoms with van der Waals surface area (Å²) < 4.78 is 16.0. The van der Waals surface area contributed by atoms with Crippen LogP contribution < -0.4 is 19.5 Å². The highest BCUT2D eigenvalue weighted by molar-refractivity contribution is 5.78. The number of carboxylic acid groups (broad SMARTS) is 1. The molecule has 0 aliphatic carbocycles. The van der Waals surface area contributed by atoms with E-state index in [1.54, 1.807) is 12.1 Å². The number of hydrogen-bond donors (Lipinski definition) is 2. The van der Waals surface area contributed by atoms with Gasteiger partial charge in [-0.3, -0.25) is 0 Å². The molecule has 0 aliphatic rings. The van der Waals surface area contributed by atoms with Gasteiger partial charge in [-0.25, -0.2) is 4.79 Å². The first-order valence-corrected chi connectivity index (χ1v) is 8.77. The topological polar surface area (TPSA) is 77.0 Å². The first-order valence-electron chi connectivity index (χ1n) is 8.77. The molecule has 2 N–H and O–H groups in total. The Kier molecular flexibility index (Phi) is 6.93. The van der Waals surface area contributed by atoms with Gasteiger partial charge in [-0.15, -0.1) is 0 Å². The highest BCUT2D eigenvalue weighted by Crippen LogP contribution is 2.38. The fraction of sp³-hybridized carbons (Fsp3) is 0.381. The van der Waals surface area contributed by atoms with Gasteiger partial charge in [-0.1, -0.05) is 26.0 Å². The van der Waals surface area contributed by atoms with Crippen molar-refractivity contribution in [1.29, 1.82) is 0 Å². The molecule has 0 fully saturated rings. The molecule has 2 aromatic carbocycles. The summed E-state index contributed by atoms with van der Waals surface area (Å²) in [6.07, 6.45) is 0.262. The lowest BCUT2D eigenvalue weighted by Gasteiger charge is -2.19. The van der Waals surface area contributed by atoms with E-state index in [-0.39, 0.29) is 6.42 Å². The standard InChI is InChI=1S/C21H27NO5/c1-13(2)15-7-6-8-16(12-15)22-17(21(23)24)9-14-10-18(25-3)20(27-5)19(11-14)26-4/h6-8,10-13,17,22H,9H2,1-5H3,(H,23,24). The molecule has 0 aromatic heterocycles. The summed E-state index contributed by atoms with van der Waals surface area (Å²) in [4.78, 5) is 11.8. The largest absolute Gasteiger partial charge is 0.493 e. The van der Waals surface area contributed by atoms with Crippen molar-refractivity contribution in [2.45, 2.75) is 32.2 Å². The van der Waals surface area contributed by atoms with E-state index in [9.17, 15) is 9.90 Å². The van der Waals surface area contributed by atoms with E-state index >= 15 is 0 Å². The lowest BCUT2D eigenvalue weighted by molar-refractivity contribution is -0.137. The number of aliphatic carboxylic acids is 1. The van der Waals surface area contributed by atoms with Crippen molar-refractivity contribution in [2.24, 2.45) is 0 Å². The number of carboxylic acids is 1. The number of carbonyl (C=O) groups is 1. The highest BCUT2D eigenvalue weighted by atomic mass is 16.5. The third kappa shape index (κ3) is 5.06. The van der Waals surface area contributed by atoms with Crippen LogP contribution in [-0.4, -0.2) is 38.4 Å². The number of rotatable bonds is 9. The van der Waals surface area contributed by atoms with Crippen molar-refractivity contribution in [1.82, 2.24) is 0 Å². The monoisotopic (exact) mass is 373 g/mol. The van der Waals surface area contributed by atoms with Crippen LogP contribution in [0.15, 0.2) is 36.4 Å². The molecule has 146 valence electrons. The Balaban J connectivity index is 2.29. The quantitative estimate of drug-likeness (QED) is 0.693. The van der Waals surface area contributed by atoms with Crippen molar-refractivity contribution < 1.29 is 24.1 Å². The molecule has 0 bridgehead atoms. The van der Waals surface area contributed by atoms with E-state index in [2.05, 4.69) is 19.2 Å². The fourth-order valence-electron chi connectivity index (χ4n) is 2.88. The van der Waals surface area contributed by atoms with Gasteiger partial charge in [-0.2, -0.15) is 0 Å². The molecule has 1 atom stereocenters. The molecule has 0 aliphatic heterocycles.